The second-order valence-electron chi connectivity index (χ2n) is 7.41. The summed E-state index contributed by atoms with van der Waals surface area (Å²) in [6.07, 6.45) is 11.8. The molecule has 0 radical (unpaired) electrons. The number of ether oxygens (including phenoxy) is 2. The Morgan fingerprint density at radius 3 is 2.74 bits per heavy atom. The van der Waals surface area contributed by atoms with Crippen LogP contribution in [0.5, 0.6) is 0 Å². The largest absolute Gasteiger partial charge is 0.393 e. The van der Waals surface area contributed by atoms with Gasteiger partial charge in [-0.1, -0.05) is 0 Å². The summed E-state index contributed by atoms with van der Waals surface area (Å²) in [5.74, 6) is 0.418. The number of nitrogens with zero attached hydrogens (tertiary/aromatic N) is 3. The lowest BCUT2D eigenvalue weighted by Gasteiger charge is -2.29. The van der Waals surface area contributed by atoms with Crippen molar-refractivity contribution in [2.45, 2.75) is 37.8 Å². The molecule has 3 N–H and O–H groups in total. The monoisotopic (exact) mass is 426 g/mol. The van der Waals surface area contributed by atoms with Crippen molar-refractivity contribution in [3.8, 4) is 5.82 Å². The lowest BCUT2D eigenvalue weighted by molar-refractivity contribution is -0.00408. The molecule has 0 saturated heterocycles. The second kappa shape index (κ2) is 11.4. The van der Waals surface area contributed by atoms with Crippen LogP contribution >= 0.6 is 0 Å². The first-order chi connectivity index (χ1) is 15.1. The summed E-state index contributed by atoms with van der Waals surface area (Å²) in [4.78, 5) is 21.7. The second-order valence-corrected chi connectivity index (χ2v) is 7.41. The average molecular weight is 427 g/mol. The molecule has 0 atom stereocenters. The highest BCUT2D eigenvalue weighted by atomic mass is 16.5. The molecule has 1 aliphatic carbocycles. The van der Waals surface area contributed by atoms with Crippen LogP contribution in [0.2, 0.25) is 0 Å². The number of imidazole rings is 1. The first-order valence-electron chi connectivity index (χ1n) is 10.4. The summed E-state index contributed by atoms with van der Waals surface area (Å²) in [5.41, 5.74) is 1.61. The Labute approximate surface area is 182 Å². The molecule has 0 bridgehead atoms. The van der Waals surface area contributed by atoms with E-state index in [4.69, 9.17) is 14.9 Å². The fraction of sp³-hybridized carbons (Fsp3) is 0.455. The van der Waals surface area contributed by atoms with Crippen molar-refractivity contribution in [2.75, 3.05) is 27.4 Å². The lowest BCUT2D eigenvalue weighted by atomic mass is 9.92. The SMILES string of the molecule is CN/C=C(\C=N)c1cc(C(=O)N[C@H]2CC[C@H](OCCOC)CC2)cc(-n2ccnc2)n1. The minimum atomic E-state index is -0.150. The minimum absolute atomic E-state index is 0.109. The molecule has 1 aliphatic rings. The van der Waals surface area contributed by atoms with Crippen molar-refractivity contribution >= 4 is 17.7 Å². The maximum atomic E-state index is 13.0. The fourth-order valence-corrected chi connectivity index (χ4v) is 3.61. The zero-order chi connectivity index (χ0) is 22.1. The minimum Gasteiger partial charge on any atom is -0.393 e. The van der Waals surface area contributed by atoms with Gasteiger partial charge in [-0.3, -0.25) is 9.36 Å². The molecule has 166 valence electrons. The Hall–Kier alpha value is -3.04. The fourth-order valence-electron chi connectivity index (χ4n) is 3.61. The molecule has 1 amide bonds. The predicted molar refractivity (Wildman–Crippen MR) is 119 cm³/mol. The maximum absolute atomic E-state index is 13.0. The molecule has 2 aromatic rings. The number of hydrogen-bond acceptors (Lipinski definition) is 7. The van der Waals surface area contributed by atoms with Gasteiger partial charge < -0.3 is 25.5 Å². The molecule has 0 unspecified atom stereocenters. The van der Waals surface area contributed by atoms with Gasteiger partial charge in [-0.2, -0.15) is 0 Å². The summed E-state index contributed by atoms with van der Waals surface area (Å²) in [7, 11) is 3.42. The number of amides is 1. The van der Waals surface area contributed by atoms with E-state index in [2.05, 4.69) is 20.6 Å². The Morgan fingerprint density at radius 2 is 2.10 bits per heavy atom. The average Bonchev–Trinajstić information content (AvgIpc) is 3.33. The van der Waals surface area contributed by atoms with Gasteiger partial charge in [0.2, 0.25) is 0 Å². The van der Waals surface area contributed by atoms with Crippen LogP contribution in [0.25, 0.3) is 11.4 Å². The van der Waals surface area contributed by atoms with Gasteiger partial charge in [-0.25, -0.2) is 9.97 Å². The number of aromatic nitrogens is 3. The molecule has 1 fully saturated rings. The van der Waals surface area contributed by atoms with E-state index in [-0.39, 0.29) is 18.1 Å². The Bertz CT molecular complexity index is 889. The standard InChI is InChI=1S/C22H30N6O3/c1-24-14-17(13-23)20-11-16(12-21(27-20)28-8-7-25-15-28)22(29)26-18-3-5-19(6-4-18)31-10-9-30-2/h7-8,11-15,18-19,23-24H,3-6,9-10H2,1-2H3,(H,26,29)/b17-14+,23-13?/t18-,19-. The molecular formula is C22H30N6O3. The zero-order valence-corrected chi connectivity index (χ0v) is 18.0. The molecular weight excluding hydrogens is 396 g/mol. The van der Waals surface area contributed by atoms with Crippen LogP contribution in [-0.2, 0) is 9.47 Å². The van der Waals surface area contributed by atoms with Crippen molar-refractivity contribution < 1.29 is 14.3 Å². The zero-order valence-electron chi connectivity index (χ0n) is 18.0. The van der Waals surface area contributed by atoms with Crippen LogP contribution in [-0.4, -0.2) is 66.2 Å². The number of allylic oxidation sites excluding steroid dienone is 1. The van der Waals surface area contributed by atoms with Gasteiger partial charge >= 0.3 is 0 Å². The van der Waals surface area contributed by atoms with Gasteiger partial charge in [-0.05, 0) is 37.8 Å². The number of carbonyl (C=O) groups is 1. The number of pyridine rings is 1. The summed E-state index contributed by atoms with van der Waals surface area (Å²) in [6.45, 7) is 1.20. The van der Waals surface area contributed by atoms with Crippen LogP contribution in [0.3, 0.4) is 0 Å². The van der Waals surface area contributed by atoms with Gasteiger partial charge in [0.25, 0.3) is 5.91 Å². The van der Waals surface area contributed by atoms with E-state index >= 15 is 0 Å². The van der Waals surface area contributed by atoms with E-state index in [1.54, 1.807) is 55.8 Å². The van der Waals surface area contributed by atoms with E-state index in [1.165, 1.54) is 6.21 Å². The van der Waals surface area contributed by atoms with Crippen LogP contribution in [0.4, 0.5) is 0 Å². The number of carbonyl (C=O) groups excluding carboxylic acids is 1. The van der Waals surface area contributed by atoms with Gasteiger partial charge in [0.1, 0.15) is 12.1 Å². The van der Waals surface area contributed by atoms with E-state index < -0.39 is 0 Å². The van der Waals surface area contributed by atoms with Crippen molar-refractivity contribution in [1.82, 2.24) is 25.2 Å². The van der Waals surface area contributed by atoms with Gasteiger partial charge in [-0.15, -0.1) is 0 Å². The summed E-state index contributed by atoms with van der Waals surface area (Å²) >= 11 is 0. The molecule has 2 heterocycles. The Morgan fingerprint density at radius 1 is 1.29 bits per heavy atom. The Balaban J connectivity index is 1.72. The Kier molecular flexibility index (Phi) is 8.31. The number of rotatable bonds is 10. The summed E-state index contributed by atoms with van der Waals surface area (Å²) < 4.78 is 12.6. The summed E-state index contributed by atoms with van der Waals surface area (Å²) in [5, 5.41) is 13.8. The molecule has 0 aromatic carbocycles. The predicted octanol–water partition coefficient (Wildman–Crippen LogP) is 2.18. The van der Waals surface area contributed by atoms with Crippen LogP contribution in [0.1, 0.15) is 41.7 Å². The molecule has 9 nitrogen and oxygen atoms in total. The molecule has 9 heteroatoms. The van der Waals surface area contributed by atoms with Crippen LogP contribution in [0, 0.1) is 5.41 Å². The third kappa shape index (κ3) is 6.22. The van der Waals surface area contributed by atoms with Crippen LogP contribution < -0.4 is 10.6 Å². The van der Waals surface area contributed by atoms with Crippen LogP contribution in [0.15, 0.2) is 37.1 Å². The van der Waals surface area contributed by atoms with E-state index in [0.29, 0.717) is 35.9 Å². The highest BCUT2D eigenvalue weighted by Gasteiger charge is 2.24. The van der Waals surface area contributed by atoms with E-state index in [0.717, 1.165) is 25.7 Å². The van der Waals surface area contributed by atoms with E-state index in [1.807, 2.05) is 0 Å². The van der Waals surface area contributed by atoms with Gasteiger partial charge in [0, 0.05) is 56.1 Å². The lowest BCUT2D eigenvalue weighted by Crippen LogP contribution is -2.39. The number of hydrogen-bond donors (Lipinski definition) is 3. The smallest absolute Gasteiger partial charge is 0.251 e. The van der Waals surface area contributed by atoms with Gasteiger partial charge in [0.15, 0.2) is 0 Å². The van der Waals surface area contributed by atoms with Crippen molar-refractivity contribution in [1.29, 1.82) is 5.41 Å². The van der Waals surface area contributed by atoms with E-state index in [9.17, 15) is 4.79 Å². The quantitative estimate of drug-likeness (QED) is 0.396. The third-order valence-corrected chi connectivity index (χ3v) is 5.24. The van der Waals surface area contributed by atoms with Crippen molar-refractivity contribution in [3.63, 3.8) is 0 Å². The maximum Gasteiger partial charge on any atom is 0.251 e. The van der Waals surface area contributed by atoms with Gasteiger partial charge in [0.05, 0.1) is 25.0 Å². The highest BCUT2D eigenvalue weighted by molar-refractivity contribution is 6.08. The topological polar surface area (TPSA) is 114 Å². The number of nitrogens with one attached hydrogen (secondary N) is 3. The molecule has 2 aromatic heterocycles. The first kappa shape index (κ1) is 22.6. The number of methoxy groups -OCH3 is 1. The third-order valence-electron chi connectivity index (χ3n) is 5.24. The summed E-state index contributed by atoms with van der Waals surface area (Å²) in [6, 6.07) is 3.56. The van der Waals surface area contributed by atoms with Crippen molar-refractivity contribution in [3.05, 3.63) is 48.3 Å². The molecule has 1 saturated carbocycles. The molecule has 0 aliphatic heterocycles. The molecule has 0 spiro atoms. The van der Waals surface area contributed by atoms with Crippen molar-refractivity contribution in [2.24, 2.45) is 0 Å². The molecule has 31 heavy (non-hydrogen) atoms. The highest BCUT2D eigenvalue weighted by Crippen LogP contribution is 2.22. The molecule has 3 rings (SSSR count). The normalized spacial score (nSPS) is 19.1. The first-order valence-corrected chi connectivity index (χ1v) is 10.4.